The summed E-state index contributed by atoms with van der Waals surface area (Å²) >= 11 is 0. The fourth-order valence-electron chi connectivity index (χ4n) is 3.48. The SMILES string of the molecule is CCc1ccc(-c2ccc(CO[Si](C)(C)C(C)(C)C)cc2)cc1C#CCNC(=O)OCc1ccccc1. The van der Waals surface area contributed by atoms with E-state index in [9.17, 15) is 4.79 Å². The van der Waals surface area contributed by atoms with Crippen LogP contribution in [0.2, 0.25) is 18.1 Å². The van der Waals surface area contributed by atoms with Crippen LogP contribution < -0.4 is 5.32 Å². The average molecular weight is 514 g/mol. The summed E-state index contributed by atoms with van der Waals surface area (Å²) in [5.74, 6) is 6.29. The van der Waals surface area contributed by atoms with Crippen molar-refractivity contribution in [2.24, 2.45) is 0 Å². The van der Waals surface area contributed by atoms with E-state index in [1.165, 1.54) is 11.1 Å². The summed E-state index contributed by atoms with van der Waals surface area (Å²) < 4.78 is 11.6. The maximum atomic E-state index is 12.0. The van der Waals surface area contributed by atoms with Gasteiger partial charge >= 0.3 is 6.09 Å². The van der Waals surface area contributed by atoms with E-state index in [1.807, 2.05) is 30.3 Å². The van der Waals surface area contributed by atoms with Gasteiger partial charge in [0.15, 0.2) is 8.32 Å². The molecular weight excluding hydrogens is 474 g/mol. The van der Waals surface area contributed by atoms with Gasteiger partial charge in [0.1, 0.15) is 6.61 Å². The van der Waals surface area contributed by atoms with Crippen LogP contribution in [0, 0.1) is 11.8 Å². The van der Waals surface area contributed by atoms with Crippen LogP contribution in [-0.4, -0.2) is 21.0 Å². The lowest BCUT2D eigenvalue weighted by Gasteiger charge is -2.36. The molecule has 5 heteroatoms. The molecule has 0 heterocycles. The second-order valence-electron chi connectivity index (χ2n) is 10.7. The zero-order chi connectivity index (χ0) is 26.9. The number of benzene rings is 3. The number of hydrogen-bond donors (Lipinski definition) is 1. The molecule has 0 atom stereocenters. The zero-order valence-electron chi connectivity index (χ0n) is 23.0. The van der Waals surface area contributed by atoms with E-state index in [-0.39, 0.29) is 18.2 Å². The summed E-state index contributed by atoms with van der Waals surface area (Å²) in [5, 5.41) is 2.90. The van der Waals surface area contributed by atoms with Crippen LogP contribution in [0.15, 0.2) is 72.8 Å². The predicted molar refractivity (Wildman–Crippen MR) is 155 cm³/mol. The smallest absolute Gasteiger partial charge is 0.408 e. The highest BCUT2D eigenvalue weighted by Gasteiger charge is 2.36. The molecule has 37 heavy (non-hydrogen) atoms. The number of carbonyl (C=O) groups excluding carboxylic acids is 1. The van der Waals surface area contributed by atoms with Crippen LogP contribution >= 0.6 is 0 Å². The van der Waals surface area contributed by atoms with Gasteiger partial charge in [0, 0.05) is 5.56 Å². The Balaban J connectivity index is 1.60. The van der Waals surface area contributed by atoms with Gasteiger partial charge in [-0.3, -0.25) is 0 Å². The monoisotopic (exact) mass is 513 g/mol. The van der Waals surface area contributed by atoms with Crippen LogP contribution in [0.1, 0.15) is 49.9 Å². The highest BCUT2D eigenvalue weighted by molar-refractivity contribution is 6.74. The molecule has 0 unspecified atom stereocenters. The van der Waals surface area contributed by atoms with Gasteiger partial charge in [-0.25, -0.2) is 4.79 Å². The molecule has 0 aliphatic heterocycles. The molecule has 3 aromatic rings. The Morgan fingerprint density at radius 2 is 1.54 bits per heavy atom. The molecule has 0 saturated heterocycles. The first-order chi connectivity index (χ1) is 17.6. The van der Waals surface area contributed by atoms with E-state index in [0.717, 1.165) is 28.7 Å². The molecule has 4 nitrogen and oxygen atoms in total. The van der Waals surface area contributed by atoms with Crippen LogP contribution in [-0.2, 0) is 28.8 Å². The van der Waals surface area contributed by atoms with Crippen molar-refractivity contribution in [2.75, 3.05) is 6.54 Å². The van der Waals surface area contributed by atoms with Crippen LogP contribution in [0.4, 0.5) is 4.79 Å². The van der Waals surface area contributed by atoms with Crippen molar-refractivity contribution in [3.05, 3.63) is 95.1 Å². The first-order valence-electron chi connectivity index (χ1n) is 12.9. The van der Waals surface area contributed by atoms with Crippen molar-refractivity contribution in [1.82, 2.24) is 5.32 Å². The van der Waals surface area contributed by atoms with Gasteiger partial charge in [-0.05, 0) is 58.4 Å². The van der Waals surface area contributed by atoms with Crippen molar-refractivity contribution in [3.8, 4) is 23.0 Å². The lowest BCUT2D eigenvalue weighted by Crippen LogP contribution is -2.40. The number of alkyl carbamates (subject to hydrolysis) is 1. The molecular formula is C32H39NO3Si. The Bertz CT molecular complexity index is 1230. The summed E-state index contributed by atoms with van der Waals surface area (Å²) in [6.45, 7) is 14.6. The van der Waals surface area contributed by atoms with Crippen molar-refractivity contribution >= 4 is 14.4 Å². The number of aryl methyl sites for hydroxylation is 1. The summed E-state index contributed by atoms with van der Waals surface area (Å²) in [6.07, 6.45) is 0.417. The second kappa shape index (κ2) is 12.8. The normalized spacial score (nSPS) is 11.4. The minimum atomic E-state index is -1.78. The van der Waals surface area contributed by atoms with E-state index < -0.39 is 14.4 Å². The van der Waals surface area contributed by atoms with Crippen LogP contribution in [0.5, 0.6) is 0 Å². The average Bonchev–Trinajstić information content (AvgIpc) is 2.89. The quantitative estimate of drug-likeness (QED) is 0.248. The molecule has 0 radical (unpaired) electrons. The third-order valence-electron chi connectivity index (χ3n) is 6.94. The Labute approximate surface area is 223 Å². The Morgan fingerprint density at radius 3 is 2.19 bits per heavy atom. The molecule has 0 bridgehead atoms. The number of rotatable bonds is 8. The highest BCUT2D eigenvalue weighted by atomic mass is 28.4. The lowest BCUT2D eigenvalue weighted by molar-refractivity contribution is 0.141. The van der Waals surface area contributed by atoms with Crippen molar-refractivity contribution in [2.45, 2.75) is 65.5 Å². The minimum absolute atomic E-state index is 0.198. The van der Waals surface area contributed by atoms with Crippen LogP contribution in [0.3, 0.4) is 0 Å². The molecule has 1 N–H and O–H groups in total. The van der Waals surface area contributed by atoms with Gasteiger partial charge in [-0.2, -0.15) is 0 Å². The highest BCUT2D eigenvalue weighted by Crippen LogP contribution is 2.37. The molecule has 3 rings (SSSR count). The fourth-order valence-corrected chi connectivity index (χ4v) is 4.44. The van der Waals surface area contributed by atoms with Crippen molar-refractivity contribution in [3.63, 3.8) is 0 Å². The van der Waals surface area contributed by atoms with E-state index in [1.54, 1.807) is 0 Å². The molecule has 194 valence electrons. The summed E-state index contributed by atoms with van der Waals surface area (Å²) in [6, 6.07) is 24.6. The van der Waals surface area contributed by atoms with Gasteiger partial charge in [-0.15, -0.1) is 0 Å². The minimum Gasteiger partial charge on any atom is -0.445 e. The number of hydrogen-bond acceptors (Lipinski definition) is 3. The van der Waals surface area contributed by atoms with Gasteiger partial charge < -0.3 is 14.5 Å². The third kappa shape index (κ3) is 8.35. The van der Waals surface area contributed by atoms with E-state index in [2.05, 4.69) is 100 Å². The molecule has 3 aromatic carbocycles. The summed E-state index contributed by atoms with van der Waals surface area (Å²) in [5.41, 5.74) is 6.55. The number of ether oxygens (including phenoxy) is 1. The molecule has 1 amide bonds. The van der Waals surface area contributed by atoms with Crippen molar-refractivity contribution < 1.29 is 14.0 Å². The molecule has 0 spiro atoms. The largest absolute Gasteiger partial charge is 0.445 e. The van der Waals surface area contributed by atoms with Gasteiger partial charge in [0.05, 0.1) is 13.2 Å². The zero-order valence-corrected chi connectivity index (χ0v) is 24.0. The molecule has 0 aliphatic rings. The predicted octanol–water partition coefficient (Wildman–Crippen LogP) is 7.72. The molecule has 0 aromatic heterocycles. The topological polar surface area (TPSA) is 47.6 Å². The van der Waals surface area contributed by atoms with Gasteiger partial charge in [-0.1, -0.05) is 106 Å². The summed E-state index contributed by atoms with van der Waals surface area (Å²) in [7, 11) is -1.78. The Hall–Kier alpha value is -3.33. The molecule has 0 fully saturated rings. The van der Waals surface area contributed by atoms with E-state index in [4.69, 9.17) is 9.16 Å². The number of nitrogens with one attached hydrogen (secondary N) is 1. The molecule has 0 saturated carbocycles. The standard InChI is InChI=1S/C32H39NO3Si/c1-7-27-19-20-30(28-17-15-26(16-18-28)24-36-37(5,6)32(2,3)4)22-29(27)14-11-21-33-31(34)35-23-25-12-9-8-10-13-25/h8-10,12-13,15-20,22H,7,21,23-24H2,1-6H3,(H,33,34). The fraction of sp³-hybridized carbons (Fsp3) is 0.344. The lowest BCUT2D eigenvalue weighted by atomic mass is 9.97. The summed E-state index contributed by atoms with van der Waals surface area (Å²) in [4.78, 5) is 12.0. The Morgan fingerprint density at radius 1 is 0.892 bits per heavy atom. The van der Waals surface area contributed by atoms with Gasteiger partial charge in [0.25, 0.3) is 0 Å². The van der Waals surface area contributed by atoms with E-state index in [0.29, 0.717) is 6.61 Å². The van der Waals surface area contributed by atoms with Gasteiger partial charge in [0.2, 0.25) is 0 Å². The van der Waals surface area contributed by atoms with E-state index >= 15 is 0 Å². The maximum Gasteiger partial charge on any atom is 0.408 e. The number of carbonyl (C=O) groups is 1. The first-order valence-corrected chi connectivity index (χ1v) is 15.8. The first kappa shape index (κ1) is 28.2. The molecule has 0 aliphatic carbocycles. The maximum absolute atomic E-state index is 12.0. The Kier molecular flexibility index (Phi) is 9.74. The third-order valence-corrected chi connectivity index (χ3v) is 11.4. The second-order valence-corrected chi connectivity index (χ2v) is 15.5. The van der Waals surface area contributed by atoms with Crippen molar-refractivity contribution in [1.29, 1.82) is 0 Å². The number of amides is 1. The van der Waals surface area contributed by atoms with Crippen LogP contribution in [0.25, 0.3) is 11.1 Å².